The molecule has 106 valence electrons. The van der Waals surface area contributed by atoms with Crippen LogP contribution in [0.1, 0.15) is 25.3 Å². The van der Waals surface area contributed by atoms with Crippen LogP contribution in [0.15, 0.2) is 24.3 Å². The zero-order chi connectivity index (χ0) is 14.4. The number of aromatic amines is 1. The lowest BCUT2D eigenvalue weighted by Crippen LogP contribution is -2.25. The Morgan fingerprint density at radius 2 is 2.15 bits per heavy atom. The van der Waals surface area contributed by atoms with Gasteiger partial charge in [-0.15, -0.1) is 10.2 Å². The zero-order valence-electron chi connectivity index (χ0n) is 11.3. The topological polar surface area (TPSA) is 110 Å². The molecule has 7 nitrogen and oxygen atoms in total. The van der Waals surface area contributed by atoms with Crippen LogP contribution in [0.5, 0.6) is 0 Å². The third-order valence-corrected chi connectivity index (χ3v) is 2.87. The zero-order valence-corrected chi connectivity index (χ0v) is 11.3. The smallest absolute Gasteiger partial charge is 0.220 e. The van der Waals surface area contributed by atoms with Gasteiger partial charge in [-0.1, -0.05) is 24.3 Å². The molecule has 7 heteroatoms. The number of hydrogen-bond acceptors (Lipinski definition) is 5. The van der Waals surface area contributed by atoms with Crippen LogP contribution in [-0.4, -0.2) is 32.6 Å². The van der Waals surface area contributed by atoms with Gasteiger partial charge < -0.3 is 11.1 Å². The van der Waals surface area contributed by atoms with E-state index in [0.717, 1.165) is 11.1 Å². The lowest BCUT2D eigenvalue weighted by molar-refractivity contribution is -0.121. The first kappa shape index (κ1) is 14.1. The second-order valence-corrected chi connectivity index (χ2v) is 4.73. The molecule has 0 aliphatic heterocycles. The molecule has 0 aliphatic carbocycles. The van der Waals surface area contributed by atoms with E-state index in [1.54, 1.807) is 0 Å². The standard InChI is InChI=1S/C13H18N6O/c1-9(14)2-7-12(20)15-8-10-3-5-11(6-4-10)13-16-18-19-17-13/h3-6,9H,2,7-8,14H2,1H3,(H,15,20)(H,16,17,18,19). The molecule has 1 unspecified atom stereocenters. The molecule has 1 aromatic carbocycles. The number of nitrogens with two attached hydrogens (primary N) is 1. The maximum absolute atomic E-state index is 11.6. The van der Waals surface area contributed by atoms with Crippen LogP contribution < -0.4 is 11.1 Å². The Morgan fingerprint density at radius 3 is 2.75 bits per heavy atom. The fourth-order valence-corrected chi connectivity index (χ4v) is 1.70. The van der Waals surface area contributed by atoms with Crippen LogP contribution >= 0.6 is 0 Å². The molecule has 2 aromatic rings. The van der Waals surface area contributed by atoms with Crippen LogP contribution in [0.3, 0.4) is 0 Å². The van der Waals surface area contributed by atoms with Gasteiger partial charge in [-0.25, -0.2) is 0 Å². The molecule has 1 amide bonds. The summed E-state index contributed by atoms with van der Waals surface area (Å²) in [4.78, 5) is 11.6. The number of nitrogens with zero attached hydrogens (tertiary/aromatic N) is 3. The van der Waals surface area contributed by atoms with Gasteiger partial charge in [0.2, 0.25) is 11.7 Å². The number of tetrazole rings is 1. The van der Waals surface area contributed by atoms with Crippen molar-refractivity contribution in [2.75, 3.05) is 0 Å². The molecular weight excluding hydrogens is 256 g/mol. The molecule has 1 aromatic heterocycles. The van der Waals surface area contributed by atoms with E-state index in [4.69, 9.17) is 5.73 Å². The second kappa shape index (κ2) is 6.76. The van der Waals surface area contributed by atoms with Crippen molar-refractivity contribution in [3.8, 4) is 11.4 Å². The van der Waals surface area contributed by atoms with Crippen molar-refractivity contribution in [1.82, 2.24) is 25.9 Å². The number of rotatable bonds is 6. The molecule has 0 radical (unpaired) electrons. The minimum Gasteiger partial charge on any atom is -0.352 e. The van der Waals surface area contributed by atoms with Crippen molar-refractivity contribution >= 4 is 5.91 Å². The first-order valence-electron chi connectivity index (χ1n) is 6.50. The van der Waals surface area contributed by atoms with Gasteiger partial charge >= 0.3 is 0 Å². The predicted molar refractivity (Wildman–Crippen MR) is 74.3 cm³/mol. The highest BCUT2D eigenvalue weighted by molar-refractivity contribution is 5.75. The van der Waals surface area contributed by atoms with Gasteiger partial charge in [-0.05, 0) is 24.1 Å². The highest BCUT2D eigenvalue weighted by Crippen LogP contribution is 2.13. The molecular formula is C13H18N6O. The summed E-state index contributed by atoms with van der Waals surface area (Å²) < 4.78 is 0. The molecule has 1 atom stereocenters. The highest BCUT2D eigenvalue weighted by Gasteiger charge is 2.05. The number of H-pyrrole nitrogens is 1. The lowest BCUT2D eigenvalue weighted by atomic mass is 10.1. The number of nitrogens with one attached hydrogen (secondary N) is 2. The quantitative estimate of drug-likeness (QED) is 0.715. The van der Waals surface area contributed by atoms with Crippen molar-refractivity contribution in [2.45, 2.75) is 32.4 Å². The lowest BCUT2D eigenvalue weighted by Gasteiger charge is -2.07. The molecule has 0 fully saturated rings. The SMILES string of the molecule is CC(N)CCC(=O)NCc1ccc(-c2nn[nH]n2)cc1. The summed E-state index contributed by atoms with van der Waals surface area (Å²) >= 11 is 0. The van der Waals surface area contributed by atoms with Gasteiger partial charge in [0.25, 0.3) is 0 Å². The van der Waals surface area contributed by atoms with E-state index in [2.05, 4.69) is 25.9 Å². The van der Waals surface area contributed by atoms with E-state index in [9.17, 15) is 4.79 Å². The monoisotopic (exact) mass is 274 g/mol. The summed E-state index contributed by atoms with van der Waals surface area (Å²) in [6.45, 7) is 2.40. The Morgan fingerprint density at radius 1 is 1.40 bits per heavy atom. The molecule has 20 heavy (non-hydrogen) atoms. The summed E-state index contributed by atoms with van der Waals surface area (Å²) in [7, 11) is 0. The van der Waals surface area contributed by atoms with Gasteiger partial charge in [0.15, 0.2) is 0 Å². The van der Waals surface area contributed by atoms with Gasteiger partial charge in [-0.3, -0.25) is 4.79 Å². The minimum atomic E-state index is 0.0181. The Hall–Kier alpha value is -2.28. The molecule has 2 rings (SSSR count). The van der Waals surface area contributed by atoms with Crippen molar-refractivity contribution in [2.24, 2.45) is 5.73 Å². The number of carbonyl (C=O) groups excluding carboxylic acids is 1. The van der Waals surface area contributed by atoms with E-state index in [0.29, 0.717) is 25.2 Å². The summed E-state index contributed by atoms with van der Waals surface area (Å²) in [6.07, 6.45) is 1.15. The fraction of sp³-hybridized carbons (Fsp3) is 0.385. The Bertz CT molecular complexity index is 534. The molecule has 4 N–H and O–H groups in total. The van der Waals surface area contributed by atoms with Crippen LogP contribution in [0, 0.1) is 0 Å². The molecule has 1 heterocycles. The van der Waals surface area contributed by atoms with Gasteiger partial charge in [-0.2, -0.15) is 5.21 Å². The Labute approximate surface area is 117 Å². The third-order valence-electron chi connectivity index (χ3n) is 2.87. The first-order chi connectivity index (χ1) is 9.65. The third kappa shape index (κ3) is 4.13. The van der Waals surface area contributed by atoms with Crippen LogP contribution in [0.4, 0.5) is 0 Å². The first-order valence-corrected chi connectivity index (χ1v) is 6.50. The van der Waals surface area contributed by atoms with Crippen LogP contribution in [0.2, 0.25) is 0 Å². The number of carbonyl (C=O) groups is 1. The largest absolute Gasteiger partial charge is 0.352 e. The molecule has 0 saturated heterocycles. The van der Waals surface area contributed by atoms with E-state index in [1.807, 2.05) is 31.2 Å². The van der Waals surface area contributed by atoms with Crippen molar-refractivity contribution in [1.29, 1.82) is 0 Å². The Balaban J connectivity index is 1.84. The molecule has 0 bridgehead atoms. The molecule has 0 spiro atoms. The summed E-state index contributed by atoms with van der Waals surface area (Å²) in [5.41, 5.74) is 7.51. The van der Waals surface area contributed by atoms with E-state index in [1.165, 1.54) is 0 Å². The van der Waals surface area contributed by atoms with Gasteiger partial charge in [0, 0.05) is 24.6 Å². The van der Waals surface area contributed by atoms with Gasteiger partial charge in [0.1, 0.15) is 0 Å². The predicted octanol–water partition coefficient (Wildman–Crippen LogP) is 0.610. The summed E-state index contributed by atoms with van der Waals surface area (Å²) in [6, 6.07) is 7.70. The number of aromatic nitrogens is 4. The van der Waals surface area contributed by atoms with Crippen LogP contribution in [-0.2, 0) is 11.3 Å². The number of amides is 1. The number of benzene rings is 1. The Kier molecular flexibility index (Phi) is 4.78. The summed E-state index contributed by atoms with van der Waals surface area (Å²) in [5.74, 6) is 0.571. The second-order valence-electron chi connectivity index (χ2n) is 4.73. The fourth-order valence-electron chi connectivity index (χ4n) is 1.70. The molecule has 0 saturated carbocycles. The van der Waals surface area contributed by atoms with Crippen molar-refractivity contribution in [3.63, 3.8) is 0 Å². The summed E-state index contributed by atoms with van der Waals surface area (Å²) in [5, 5.41) is 16.6. The van der Waals surface area contributed by atoms with E-state index in [-0.39, 0.29) is 11.9 Å². The average molecular weight is 274 g/mol. The normalized spacial score (nSPS) is 12.1. The van der Waals surface area contributed by atoms with Crippen LogP contribution in [0.25, 0.3) is 11.4 Å². The minimum absolute atomic E-state index is 0.0181. The van der Waals surface area contributed by atoms with Crippen molar-refractivity contribution in [3.05, 3.63) is 29.8 Å². The maximum atomic E-state index is 11.6. The maximum Gasteiger partial charge on any atom is 0.220 e. The van der Waals surface area contributed by atoms with Crippen molar-refractivity contribution < 1.29 is 4.79 Å². The van der Waals surface area contributed by atoms with Gasteiger partial charge in [0.05, 0.1) is 0 Å². The van der Waals surface area contributed by atoms with E-state index < -0.39 is 0 Å². The average Bonchev–Trinajstić information content (AvgIpc) is 2.97. The van der Waals surface area contributed by atoms with E-state index >= 15 is 0 Å². The highest BCUT2D eigenvalue weighted by atomic mass is 16.1. The number of hydrogen-bond donors (Lipinski definition) is 3. The molecule has 0 aliphatic rings.